The molecule has 34 heavy (non-hydrogen) atoms. The summed E-state index contributed by atoms with van der Waals surface area (Å²) < 4.78 is 43.6. The average Bonchev–Trinajstić information content (AvgIpc) is 2.70. The predicted octanol–water partition coefficient (Wildman–Crippen LogP) is 3.89. The van der Waals surface area contributed by atoms with Crippen molar-refractivity contribution in [3.05, 3.63) is 41.5 Å². The maximum Gasteiger partial charge on any atom is 0.424 e. The van der Waals surface area contributed by atoms with E-state index < -0.39 is 45.8 Å². The first-order valence-corrected chi connectivity index (χ1v) is 12.5. The first kappa shape index (κ1) is 27.4. The second-order valence-electron chi connectivity index (χ2n) is 9.15. The molecule has 10 heteroatoms. The lowest BCUT2D eigenvalue weighted by atomic mass is 9.94. The molecule has 0 saturated carbocycles. The molecule has 0 spiro atoms. The highest BCUT2D eigenvalue weighted by Crippen LogP contribution is 2.30. The molecule has 188 valence electrons. The van der Waals surface area contributed by atoms with Crippen molar-refractivity contribution in [2.45, 2.75) is 82.9 Å². The fraction of sp³-hybridized carbons (Fsp3) is 0.542. The first-order valence-electron chi connectivity index (χ1n) is 11.1. The average molecular weight is 496 g/mol. The van der Waals surface area contributed by atoms with Crippen LogP contribution in [0.4, 0.5) is 4.79 Å². The maximum atomic E-state index is 13.6. The fourth-order valence-corrected chi connectivity index (χ4v) is 5.21. The van der Waals surface area contributed by atoms with E-state index in [1.807, 2.05) is 6.92 Å². The van der Waals surface area contributed by atoms with Gasteiger partial charge in [0.2, 0.25) is 0 Å². The summed E-state index contributed by atoms with van der Waals surface area (Å²) in [5, 5.41) is 0. The summed E-state index contributed by atoms with van der Waals surface area (Å²) >= 11 is 0. The summed E-state index contributed by atoms with van der Waals surface area (Å²) in [5.74, 6) is -1.21. The van der Waals surface area contributed by atoms with Crippen molar-refractivity contribution < 1.29 is 37.0 Å². The fourth-order valence-electron chi connectivity index (χ4n) is 3.67. The van der Waals surface area contributed by atoms with E-state index in [4.69, 9.17) is 14.2 Å². The molecule has 1 aromatic carbocycles. The Bertz CT molecular complexity index is 1040. The van der Waals surface area contributed by atoms with Gasteiger partial charge < -0.3 is 14.2 Å². The molecule has 0 saturated heterocycles. The summed E-state index contributed by atoms with van der Waals surface area (Å²) in [6.45, 7) is 8.02. The van der Waals surface area contributed by atoms with Gasteiger partial charge in [-0.2, -0.15) is 4.31 Å². The molecule has 2 rings (SSSR count). The zero-order chi connectivity index (χ0) is 25.7. The molecule has 0 radical (unpaired) electrons. The van der Waals surface area contributed by atoms with Crippen molar-refractivity contribution in [2.24, 2.45) is 0 Å². The topological polar surface area (TPSA) is 116 Å². The number of sulfonamides is 1. The molecule has 9 nitrogen and oxygen atoms in total. The van der Waals surface area contributed by atoms with E-state index >= 15 is 0 Å². The minimum Gasteiger partial charge on any atom is -0.466 e. The normalized spacial score (nSPS) is 20.7. The number of amides is 1. The molecule has 0 unspecified atom stereocenters. The van der Waals surface area contributed by atoms with Gasteiger partial charge in [-0.15, -0.1) is 0 Å². The number of carbonyl (C=O) groups excluding carboxylic acids is 3. The number of aryl methyl sites for hydroxylation is 1. The number of ether oxygens (including phenoxy) is 3. The van der Waals surface area contributed by atoms with Crippen molar-refractivity contribution in [1.82, 2.24) is 4.31 Å². The van der Waals surface area contributed by atoms with Gasteiger partial charge in [-0.1, -0.05) is 23.8 Å². The van der Waals surface area contributed by atoms with E-state index in [9.17, 15) is 22.8 Å². The Morgan fingerprint density at radius 2 is 1.65 bits per heavy atom. The Balaban J connectivity index is 2.48. The van der Waals surface area contributed by atoms with E-state index in [0.717, 1.165) is 9.87 Å². The molecule has 2 atom stereocenters. The molecule has 1 aliphatic carbocycles. The first-order chi connectivity index (χ1) is 15.8. The Labute approximate surface area is 201 Å². The second-order valence-corrected chi connectivity index (χ2v) is 11.0. The van der Waals surface area contributed by atoms with Crippen LogP contribution in [0.15, 0.2) is 40.8 Å². The maximum absolute atomic E-state index is 13.6. The number of allylic oxidation sites excluding steroid dienone is 1. The second kappa shape index (κ2) is 11.0. The molecule has 1 aromatic rings. The van der Waals surface area contributed by atoms with Crippen LogP contribution in [0.3, 0.4) is 0 Å². The number of hydrogen-bond donors (Lipinski definition) is 0. The number of methoxy groups -OCH3 is 1. The van der Waals surface area contributed by atoms with Crippen LogP contribution in [0.25, 0.3) is 0 Å². The van der Waals surface area contributed by atoms with Gasteiger partial charge in [0.05, 0.1) is 23.6 Å². The lowest BCUT2D eigenvalue weighted by Crippen LogP contribution is -2.47. The highest BCUT2D eigenvalue weighted by atomic mass is 32.2. The largest absolute Gasteiger partial charge is 0.466 e. The van der Waals surface area contributed by atoms with Gasteiger partial charge in [0, 0.05) is 6.92 Å². The van der Waals surface area contributed by atoms with Crippen LogP contribution >= 0.6 is 0 Å². The van der Waals surface area contributed by atoms with Gasteiger partial charge in [0.15, 0.2) is 0 Å². The summed E-state index contributed by atoms with van der Waals surface area (Å²) in [6.07, 6.45) is 0.435. The lowest BCUT2D eigenvalue weighted by Gasteiger charge is -2.34. The zero-order valence-corrected chi connectivity index (χ0v) is 21.3. The lowest BCUT2D eigenvalue weighted by molar-refractivity contribution is -0.147. The molecule has 0 bridgehead atoms. The van der Waals surface area contributed by atoms with Crippen LogP contribution in [0.5, 0.6) is 0 Å². The number of benzene rings is 1. The molecule has 0 heterocycles. The highest BCUT2D eigenvalue weighted by Gasteiger charge is 2.40. The monoisotopic (exact) mass is 495 g/mol. The van der Waals surface area contributed by atoms with Crippen molar-refractivity contribution in [3.8, 4) is 0 Å². The minimum absolute atomic E-state index is 0.0339. The van der Waals surface area contributed by atoms with Crippen molar-refractivity contribution in [2.75, 3.05) is 7.11 Å². The van der Waals surface area contributed by atoms with Crippen LogP contribution in [0, 0.1) is 6.92 Å². The van der Waals surface area contributed by atoms with Crippen LogP contribution in [-0.2, 0) is 33.8 Å². The van der Waals surface area contributed by atoms with Gasteiger partial charge in [0.1, 0.15) is 11.7 Å². The van der Waals surface area contributed by atoms with E-state index in [1.165, 1.54) is 26.2 Å². The minimum atomic E-state index is -4.25. The highest BCUT2D eigenvalue weighted by molar-refractivity contribution is 7.89. The quantitative estimate of drug-likeness (QED) is 0.446. The Kier molecular flexibility index (Phi) is 8.88. The van der Waals surface area contributed by atoms with Gasteiger partial charge in [-0.3, -0.25) is 4.79 Å². The van der Waals surface area contributed by atoms with Gasteiger partial charge in [0.25, 0.3) is 10.0 Å². The molecule has 0 N–H and O–H groups in total. The van der Waals surface area contributed by atoms with Gasteiger partial charge in [-0.25, -0.2) is 18.0 Å². The molecular weight excluding hydrogens is 462 g/mol. The number of hydrogen-bond acceptors (Lipinski definition) is 8. The third-order valence-corrected chi connectivity index (χ3v) is 7.02. The van der Waals surface area contributed by atoms with Crippen molar-refractivity contribution in [3.63, 3.8) is 0 Å². The van der Waals surface area contributed by atoms with Crippen LogP contribution in [0.2, 0.25) is 0 Å². The smallest absolute Gasteiger partial charge is 0.424 e. The van der Waals surface area contributed by atoms with E-state index in [-0.39, 0.29) is 36.2 Å². The van der Waals surface area contributed by atoms with Crippen LogP contribution < -0.4 is 0 Å². The Morgan fingerprint density at radius 3 is 2.18 bits per heavy atom. The van der Waals surface area contributed by atoms with E-state index in [1.54, 1.807) is 39.0 Å². The van der Waals surface area contributed by atoms with Gasteiger partial charge >= 0.3 is 18.0 Å². The summed E-state index contributed by atoms with van der Waals surface area (Å²) in [6, 6.07) is 5.42. The van der Waals surface area contributed by atoms with Crippen LogP contribution in [-0.4, -0.2) is 55.6 Å². The Hall–Kier alpha value is -2.88. The SMILES string of the molecule is COC(=O)/C1=C/CC[C@H](N(C(=O)OC(C)(C)C)S(=O)(=O)c2ccc(C)cc2)CC[C@@H]1OC(C)=O. The van der Waals surface area contributed by atoms with E-state index in [2.05, 4.69) is 0 Å². The molecule has 1 aliphatic rings. The number of nitrogens with zero attached hydrogens (tertiary/aromatic N) is 1. The zero-order valence-electron chi connectivity index (χ0n) is 20.5. The van der Waals surface area contributed by atoms with Crippen LogP contribution in [0.1, 0.15) is 58.9 Å². The van der Waals surface area contributed by atoms with Crippen molar-refractivity contribution in [1.29, 1.82) is 0 Å². The van der Waals surface area contributed by atoms with Crippen molar-refractivity contribution >= 4 is 28.1 Å². The summed E-state index contributed by atoms with van der Waals surface area (Å²) in [4.78, 5) is 37.0. The van der Waals surface area contributed by atoms with Gasteiger partial charge in [-0.05, 0) is 65.5 Å². The molecular formula is C24H33NO8S. The Morgan fingerprint density at radius 1 is 1.03 bits per heavy atom. The number of carbonyl (C=O) groups is 3. The molecule has 0 aliphatic heterocycles. The number of esters is 2. The molecule has 0 aromatic heterocycles. The standard InChI is InChI=1S/C24H33NO8S/c1-16-10-13-19(14-11-16)34(29,30)25(23(28)33-24(3,4)5)18-8-7-9-20(22(27)31-6)21(15-12-18)32-17(2)26/h9-11,13-14,18,21H,7-8,12,15H2,1-6H3/b20-9+/t18-,21-/m0/s1. The summed E-state index contributed by atoms with van der Waals surface area (Å²) in [7, 11) is -3.02. The number of rotatable bonds is 5. The summed E-state index contributed by atoms with van der Waals surface area (Å²) in [5.41, 5.74) is 0.151. The van der Waals surface area contributed by atoms with E-state index in [0.29, 0.717) is 0 Å². The molecule has 1 amide bonds. The third-order valence-electron chi connectivity index (χ3n) is 5.19. The predicted molar refractivity (Wildman–Crippen MR) is 124 cm³/mol. The third kappa shape index (κ3) is 7.06. The molecule has 0 fully saturated rings.